The van der Waals surface area contributed by atoms with E-state index in [0.29, 0.717) is 17.4 Å². The minimum Gasteiger partial charge on any atom is -0.383 e. The van der Waals surface area contributed by atoms with Crippen LogP contribution < -0.4 is 5.73 Å². The van der Waals surface area contributed by atoms with Crippen molar-refractivity contribution in [2.45, 2.75) is 12.7 Å². The minimum atomic E-state index is 0.532. The van der Waals surface area contributed by atoms with Crippen LogP contribution in [0.5, 0.6) is 0 Å². The summed E-state index contributed by atoms with van der Waals surface area (Å²) in [5.74, 6) is 1.75. The number of hydrogen-bond donors (Lipinski definition) is 2. The van der Waals surface area contributed by atoms with Crippen LogP contribution in [-0.2, 0) is 5.75 Å². The van der Waals surface area contributed by atoms with Gasteiger partial charge in [0, 0.05) is 11.8 Å². The van der Waals surface area contributed by atoms with Crippen molar-refractivity contribution in [3.8, 4) is 0 Å². The topological polar surface area (TPSA) is 51.8 Å². The highest BCUT2D eigenvalue weighted by Gasteiger charge is 1.96. The first-order chi connectivity index (χ1) is 4.74. The molecule has 0 aliphatic carbocycles. The summed E-state index contributed by atoms with van der Waals surface area (Å²) in [7, 11) is 0. The van der Waals surface area contributed by atoms with E-state index in [0.717, 1.165) is 5.56 Å². The maximum absolute atomic E-state index is 5.51. The number of aryl methyl sites for hydroxylation is 1. The van der Waals surface area contributed by atoms with E-state index in [4.69, 9.17) is 5.73 Å². The maximum Gasteiger partial charge on any atom is 0.140 e. The molecule has 0 aliphatic rings. The van der Waals surface area contributed by atoms with Gasteiger partial charge in [0.2, 0.25) is 0 Å². The molecule has 4 heteroatoms. The molecular formula is C6H9N3S. The van der Waals surface area contributed by atoms with Crippen LogP contribution in [0.15, 0.2) is 6.20 Å². The molecule has 1 heterocycles. The molecular weight excluding hydrogens is 146 g/mol. The SMILES string of the molecule is Cc1cnc(CS)nc1N. The Balaban J connectivity index is 3.04. The molecule has 54 valence electrons. The van der Waals surface area contributed by atoms with Gasteiger partial charge in [0.05, 0.1) is 5.75 Å². The lowest BCUT2D eigenvalue weighted by atomic mass is 10.3. The molecule has 0 bridgehead atoms. The van der Waals surface area contributed by atoms with E-state index in [1.807, 2.05) is 6.92 Å². The standard InChI is InChI=1S/C6H9N3S/c1-4-2-8-5(3-10)9-6(4)7/h2,10H,3H2,1H3,(H2,7,8,9). The Kier molecular flexibility index (Phi) is 2.11. The monoisotopic (exact) mass is 155 g/mol. The number of anilines is 1. The van der Waals surface area contributed by atoms with Gasteiger partial charge < -0.3 is 5.73 Å². The fraction of sp³-hybridized carbons (Fsp3) is 0.333. The Morgan fingerprint density at radius 2 is 2.40 bits per heavy atom. The number of rotatable bonds is 1. The fourth-order valence-electron chi connectivity index (χ4n) is 0.570. The van der Waals surface area contributed by atoms with Crippen molar-refractivity contribution in [1.82, 2.24) is 9.97 Å². The Morgan fingerprint density at radius 1 is 1.70 bits per heavy atom. The molecule has 0 saturated carbocycles. The van der Waals surface area contributed by atoms with Crippen LogP contribution in [0, 0.1) is 6.92 Å². The molecule has 1 aromatic heterocycles. The lowest BCUT2D eigenvalue weighted by Crippen LogP contribution is -1.99. The molecule has 0 aromatic carbocycles. The Morgan fingerprint density at radius 3 is 2.90 bits per heavy atom. The second-order valence-corrected chi connectivity index (χ2v) is 2.33. The second-order valence-electron chi connectivity index (χ2n) is 2.01. The van der Waals surface area contributed by atoms with Gasteiger partial charge >= 0.3 is 0 Å². The zero-order valence-corrected chi connectivity index (χ0v) is 6.60. The lowest BCUT2D eigenvalue weighted by Gasteiger charge is -1.98. The van der Waals surface area contributed by atoms with Gasteiger partial charge in [-0.3, -0.25) is 0 Å². The van der Waals surface area contributed by atoms with Gasteiger partial charge in [-0.2, -0.15) is 12.6 Å². The molecule has 1 aromatic rings. The molecule has 0 unspecified atom stereocenters. The van der Waals surface area contributed by atoms with Gasteiger partial charge in [-0.1, -0.05) is 0 Å². The molecule has 0 atom stereocenters. The first kappa shape index (κ1) is 7.34. The van der Waals surface area contributed by atoms with E-state index in [9.17, 15) is 0 Å². The first-order valence-electron chi connectivity index (χ1n) is 2.93. The number of nitrogens with zero attached hydrogens (tertiary/aromatic N) is 2. The third-order valence-electron chi connectivity index (χ3n) is 1.20. The molecule has 2 N–H and O–H groups in total. The van der Waals surface area contributed by atoms with Crippen LogP contribution in [-0.4, -0.2) is 9.97 Å². The van der Waals surface area contributed by atoms with Gasteiger partial charge in [0.15, 0.2) is 0 Å². The van der Waals surface area contributed by atoms with Crippen LogP contribution in [0.2, 0.25) is 0 Å². The van der Waals surface area contributed by atoms with Gasteiger partial charge in [-0.15, -0.1) is 0 Å². The quantitative estimate of drug-likeness (QED) is 0.590. The van der Waals surface area contributed by atoms with Crippen molar-refractivity contribution in [3.63, 3.8) is 0 Å². The molecule has 0 fully saturated rings. The number of aromatic nitrogens is 2. The number of nitrogens with two attached hydrogens (primary N) is 1. The first-order valence-corrected chi connectivity index (χ1v) is 3.56. The molecule has 0 spiro atoms. The average molecular weight is 155 g/mol. The summed E-state index contributed by atoms with van der Waals surface area (Å²) >= 11 is 4.01. The summed E-state index contributed by atoms with van der Waals surface area (Å²) in [5.41, 5.74) is 6.42. The van der Waals surface area contributed by atoms with Crippen LogP contribution in [0.4, 0.5) is 5.82 Å². The zero-order chi connectivity index (χ0) is 7.56. The highest BCUT2D eigenvalue weighted by atomic mass is 32.1. The average Bonchev–Trinajstić information content (AvgIpc) is 1.95. The van der Waals surface area contributed by atoms with Crippen molar-refractivity contribution in [2.75, 3.05) is 5.73 Å². The maximum atomic E-state index is 5.51. The van der Waals surface area contributed by atoms with Gasteiger partial charge in [-0.25, -0.2) is 9.97 Å². The zero-order valence-electron chi connectivity index (χ0n) is 5.70. The Hall–Kier alpha value is -0.770. The predicted octanol–water partition coefficient (Wildman–Crippen LogP) is 0.797. The number of nitrogen functional groups attached to an aromatic ring is 1. The molecule has 0 saturated heterocycles. The summed E-state index contributed by atoms with van der Waals surface area (Å²) < 4.78 is 0. The predicted molar refractivity (Wildman–Crippen MR) is 43.9 cm³/mol. The molecule has 10 heavy (non-hydrogen) atoms. The molecule has 0 radical (unpaired) electrons. The van der Waals surface area contributed by atoms with Crippen LogP contribution in [0.3, 0.4) is 0 Å². The summed E-state index contributed by atoms with van der Waals surface area (Å²) in [5, 5.41) is 0. The minimum absolute atomic E-state index is 0.532. The van der Waals surface area contributed by atoms with Crippen molar-refractivity contribution >= 4 is 18.4 Å². The van der Waals surface area contributed by atoms with E-state index in [1.165, 1.54) is 0 Å². The third kappa shape index (κ3) is 1.39. The van der Waals surface area contributed by atoms with Crippen LogP contribution in [0.1, 0.15) is 11.4 Å². The molecule has 3 nitrogen and oxygen atoms in total. The molecule has 0 aliphatic heterocycles. The van der Waals surface area contributed by atoms with Crippen LogP contribution in [0.25, 0.3) is 0 Å². The summed E-state index contributed by atoms with van der Waals surface area (Å²) in [6.07, 6.45) is 1.70. The second kappa shape index (κ2) is 2.88. The van der Waals surface area contributed by atoms with E-state index in [-0.39, 0.29) is 0 Å². The largest absolute Gasteiger partial charge is 0.383 e. The van der Waals surface area contributed by atoms with Gasteiger partial charge in [0.25, 0.3) is 0 Å². The number of hydrogen-bond acceptors (Lipinski definition) is 4. The van der Waals surface area contributed by atoms with Gasteiger partial charge in [-0.05, 0) is 6.92 Å². The smallest absolute Gasteiger partial charge is 0.140 e. The van der Waals surface area contributed by atoms with Crippen LogP contribution >= 0.6 is 12.6 Å². The van der Waals surface area contributed by atoms with E-state index in [2.05, 4.69) is 22.6 Å². The fourth-order valence-corrected chi connectivity index (χ4v) is 0.722. The molecule has 0 amide bonds. The van der Waals surface area contributed by atoms with Gasteiger partial charge in [0.1, 0.15) is 11.6 Å². The van der Waals surface area contributed by atoms with E-state index >= 15 is 0 Å². The molecule has 1 rings (SSSR count). The summed E-state index contributed by atoms with van der Waals surface area (Å²) in [6.45, 7) is 1.87. The lowest BCUT2D eigenvalue weighted by molar-refractivity contribution is 1.03. The summed E-state index contributed by atoms with van der Waals surface area (Å²) in [6, 6.07) is 0. The summed E-state index contributed by atoms with van der Waals surface area (Å²) in [4.78, 5) is 7.97. The number of thiol groups is 1. The van der Waals surface area contributed by atoms with Crippen molar-refractivity contribution in [2.24, 2.45) is 0 Å². The highest BCUT2D eigenvalue weighted by molar-refractivity contribution is 7.79. The van der Waals surface area contributed by atoms with Crippen molar-refractivity contribution < 1.29 is 0 Å². The normalized spacial score (nSPS) is 9.80. The van der Waals surface area contributed by atoms with Crippen molar-refractivity contribution in [1.29, 1.82) is 0 Å². The Bertz CT molecular complexity index is 236. The Labute approximate surface area is 65.1 Å². The third-order valence-corrected chi connectivity index (χ3v) is 1.49. The van der Waals surface area contributed by atoms with E-state index in [1.54, 1.807) is 6.20 Å². The van der Waals surface area contributed by atoms with Crippen molar-refractivity contribution in [3.05, 3.63) is 17.6 Å². The highest BCUT2D eigenvalue weighted by Crippen LogP contribution is 2.05. The van der Waals surface area contributed by atoms with E-state index < -0.39 is 0 Å².